The first-order chi connectivity index (χ1) is 9.40. The van der Waals surface area contributed by atoms with Crippen molar-refractivity contribution < 1.29 is 4.79 Å². The quantitative estimate of drug-likeness (QED) is 0.703. The summed E-state index contributed by atoms with van der Waals surface area (Å²) in [6, 6.07) is 0. The van der Waals surface area contributed by atoms with Gasteiger partial charge in [0.05, 0.1) is 6.54 Å². The van der Waals surface area contributed by atoms with Crippen molar-refractivity contribution in [2.75, 3.05) is 32.7 Å². The van der Waals surface area contributed by atoms with Gasteiger partial charge in [0.2, 0.25) is 5.91 Å². The lowest BCUT2D eigenvalue weighted by Crippen LogP contribution is -2.47. The summed E-state index contributed by atoms with van der Waals surface area (Å²) in [5.41, 5.74) is 0.180. The minimum Gasteiger partial charge on any atom is -0.355 e. The summed E-state index contributed by atoms with van der Waals surface area (Å²) in [6.07, 6.45) is 4.68. The fourth-order valence-electron chi connectivity index (χ4n) is 2.58. The molecule has 1 aliphatic heterocycles. The summed E-state index contributed by atoms with van der Waals surface area (Å²) in [5, 5.41) is 6.59. The summed E-state index contributed by atoms with van der Waals surface area (Å²) in [4.78, 5) is 14.1. The zero-order chi connectivity index (χ0) is 15.0. The van der Waals surface area contributed by atoms with E-state index in [1.54, 1.807) is 0 Å². The Morgan fingerprint density at radius 3 is 2.75 bits per heavy atom. The Hall–Kier alpha value is -0.610. The van der Waals surface area contributed by atoms with Crippen LogP contribution in [0.4, 0.5) is 0 Å². The van der Waals surface area contributed by atoms with E-state index in [9.17, 15) is 4.79 Å². The van der Waals surface area contributed by atoms with Crippen molar-refractivity contribution >= 4 is 5.91 Å². The maximum absolute atomic E-state index is 11.8. The summed E-state index contributed by atoms with van der Waals surface area (Å²) in [5.74, 6) is 0.856. The van der Waals surface area contributed by atoms with E-state index < -0.39 is 0 Å². The van der Waals surface area contributed by atoms with E-state index >= 15 is 0 Å². The number of nitrogens with one attached hydrogen (secondary N) is 2. The van der Waals surface area contributed by atoms with Gasteiger partial charge in [0.1, 0.15) is 0 Å². The van der Waals surface area contributed by atoms with E-state index in [-0.39, 0.29) is 11.4 Å². The maximum atomic E-state index is 11.8. The van der Waals surface area contributed by atoms with Crippen molar-refractivity contribution in [2.24, 2.45) is 5.92 Å². The van der Waals surface area contributed by atoms with Gasteiger partial charge in [-0.1, -0.05) is 13.3 Å². The van der Waals surface area contributed by atoms with Gasteiger partial charge in [0.25, 0.3) is 0 Å². The summed E-state index contributed by atoms with van der Waals surface area (Å²) in [6.45, 7) is 13.3. The van der Waals surface area contributed by atoms with Crippen molar-refractivity contribution in [1.29, 1.82) is 0 Å². The van der Waals surface area contributed by atoms with Gasteiger partial charge in [0.15, 0.2) is 0 Å². The SMILES string of the molecule is CCCCNC(=O)CN1CCCC(CNC(C)(C)C)C1. The maximum Gasteiger partial charge on any atom is 0.234 e. The summed E-state index contributed by atoms with van der Waals surface area (Å²) < 4.78 is 0. The predicted molar refractivity (Wildman–Crippen MR) is 84.8 cm³/mol. The molecule has 1 unspecified atom stereocenters. The molecule has 2 N–H and O–H groups in total. The minimum absolute atomic E-state index is 0.180. The number of amides is 1. The van der Waals surface area contributed by atoms with Crippen LogP contribution in [0, 0.1) is 5.92 Å². The van der Waals surface area contributed by atoms with Gasteiger partial charge < -0.3 is 10.6 Å². The lowest BCUT2D eigenvalue weighted by molar-refractivity contribution is -0.122. The van der Waals surface area contributed by atoms with Crippen LogP contribution in [0.2, 0.25) is 0 Å². The number of nitrogens with zero attached hydrogens (tertiary/aromatic N) is 1. The molecule has 0 aliphatic carbocycles. The highest BCUT2D eigenvalue weighted by Crippen LogP contribution is 2.16. The molecule has 0 radical (unpaired) electrons. The number of piperidine rings is 1. The molecule has 1 saturated heterocycles. The van der Waals surface area contributed by atoms with Gasteiger partial charge in [-0.05, 0) is 59.0 Å². The Labute approximate surface area is 124 Å². The highest BCUT2D eigenvalue weighted by molar-refractivity contribution is 5.77. The lowest BCUT2D eigenvalue weighted by Gasteiger charge is -2.34. The van der Waals surface area contributed by atoms with Gasteiger partial charge in [-0.15, -0.1) is 0 Å². The second-order valence-corrected chi connectivity index (χ2v) is 7.08. The molecule has 0 aromatic carbocycles. The van der Waals surface area contributed by atoms with Crippen molar-refractivity contribution in [3.63, 3.8) is 0 Å². The Balaban J connectivity index is 2.24. The van der Waals surface area contributed by atoms with E-state index in [1.807, 2.05) is 0 Å². The minimum atomic E-state index is 0.180. The molecule has 0 saturated carbocycles. The second-order valence-electron chi connectivity index (χ2n) is 7.08. The summed E-state index contributed by atoms with van der Waals surface area (Å²) in [7, 11) is 0. The predicted octanol–water partition coefficient (Wildman–Crippen LogP) is 2.00. The number of carbonyl (C=O) groups excluding carboxylic acids is 1. The van der Waals surface area contributed by atoms with Gasteiger partial charge in [-0.25, -0.2) is 0 Å². The molecular weight excluding hydrogens is 250 g/mol. The van der Waals surface area contributed by atoms with Gasteiger partial charge in [-0.3, -0.25) is 9.69 Å². The number of likely N-dealkylation sites (tertiary alicyclic amines) is 1. The molecule has 4 nitrogen and oxygen atoms in total. The third-order valence-corrected chi connectivity index (χ3v) is 3.74. The molecule has 0 bridgehead atoms. The number of unbranched alkanes of at least 4 members (excludes halogenated alkanes) is 1. The molecule has 0 spiro atoms. The van der Waals surface area contributed by atoms with Gasteiger partial charge in [-0.2, -0.15) is 0 Å². The van der Waals surface area contributed by atoms with Crippen LogP contribution in [0.15, 0.2) is 0 Å². The van der Waals surface area contributed by atoms with E-state index in [0.29, 0.717) is 12.5 Å². The molecule has 0 aromatic rings. The molecule has 20 heavy (non-hydrogen) atoms. The second kappa shape index (κ2) is 8.63. The van der Waals surface area contributed by atoms with Crippen LogP contribution < -0.4 is 10.6 Å². The zero-order valence-electron chi connectivity index (χ0n) is 13.8. The third kappa shape index (κ3) is 7.85. The highest BCUT2D eigenvalue weighted by Gasteiger charge is 2.22. The highest BCUT2D eigenvalue weighted by atomic mass is 16.2. The Morgan fingerprint density at radius 1 is 1.35 bits per heavy atom. The largest absolute Gasteiger partial charge is 0.355 e. The molecule has 118 valence electrons. The molecular formula is C16H33N3O. The molecule has 1 aliphatic rings. The normalized spacial score (nSPS) is 20.9. The number of carbonyl (C=O) groups is 1. The Kier molecular flexibility index (Phi) is 7.52. The molecule has 1 fully saturated rings. The number of hydrogen-bond acceptors (Lipinski definition) is 3. The van der Waals surface area contributed by atoms with E-state index in [1.165, 1.54) is 12.8 Å². The van der Waals surface area contributed by atoms with Gasteiger partial charge in [0, 0.05) is 18.6 Å². The monoisotopic (exact) mass is 283 g/mol. The molecule has 1 atom stereocenters. The summed E-state index contributed by atoms with van der Waals surface area (Å²) >= 11 is 0. The van der Waals surface area contributed by atoms with Crippen molar-refractivity contribution in [1.82, 2.24) is 15.5 Å². The number of rotatable bonds is 7. The van der Waals surface area contributed by atoms with Crippen LogP contribution in [0.1, 0.15) is 53.4 Å². The number of hydrogen-bond donors (Lipinski definition) is 2. The van der Waals surface area contributed by atoms with Crippen molar-refractivity contribution in [3.8, 4) is 0 Å². The first-order valence-electron chi connectivity index (χ1n) is 8.15. The van der Waals surface area contributed by atoms with Crippen molar-refractivity contribution in [3.05, 3.63) is 0 Å². The van der Waals surface area contributed by atoms with E-state index in [0.717, 1.165) is 39.0 Å². The Morgan fingerprint density at radius 2 is 2.10 bits per heavy atom. The fraction of sp³-hybridized carbons (Fsp3) is 0.938. The fourth-order valence-corrected chi connectivity index (χ4v) is 2.58. The van der Waals surface area contributed by atoms with E-state index in [4.69, 9.17) is 0 Å². The van der Waals surface area contributed by atoms with Crippen molar-refractivity contribution in [2.45, 2.75) is 58.9 Å². The molecule has 1 amide bonds. The molecule has 4 heteroatoms. The van der Waals surface area contributed by atoms with Crippen LogP contribution in [0.5, 0.6) is 0 Å². The lowest BCUT2D eigenvalue weighted by atomic mass is 9.96. The van der Waals surface area contributed by atoms with Crippen LogP contribution >= 0.6 is 0 Å². The van der Waals surface area contributed by atoms with Gasteiger partial charge >= 0.3 is 0 Å². The molecule has 1 rings (SSSR count). The van der Waals surface area contributed by atoms with Crippen LogP contribution in [-0.4, -0.2) is 49.1 Å². The standard InChI is InChI=1S/C16H33N3O/c1-5-6-9-17-15(20)13-19-10-7-8-14(12-19)11-18-16(2,3)4/h14,18H,5-13H2,1-4H3,(H,17,20). The first-order valence-corrected chi connectivity index (χ1v) is 8.15. The Bertz CT molecular complexity index is 286. The zero-order valence-corrected chi connectivity index (χ0v) is 13.8. The van der Waals surface area contributed by atoms with Crippen LogP contribution in [-0.2, 0) is 4.79 Å². The average molecular weight is 283 g/mol. The third-order valence-electron chi connectivity index (χ3n) is 3.74. The molecule has 1 heterocycles. The first kappa shape index (κ1) is 17.4. The van der Waals surface area contributed by atoms with Crippen LogP contribution in [0.3, 0.4) is 0 Å². The molecule has 0 aromatic heterocycles. The van der Waals surface area contributed by atoms with Crippen LogP contribution in [0.25, 0.3) is 0 Å². The van der Waals surface area contributed by atoms with E-state index in [2.05, 4.69) is 43.2 Å². The average Bonchev–Trinajstić information content (AvgIpc) is 2.36. The topological polar surface area (TPSA) is 44.4 Å². The smallest absolute Gasteiger partial charge is 0.234 e.